The number of amides is 2. The van der Waals surface area contributed by atoms with E-state index < -0.39 is 11.0 Å². The summed E-state index contributed by atoms with van der Waals surface area (Å²) < 4.78 is 5.19. The lowest BCUT2D eigenvalue weighted by molar-refractivity contribution is -0.125. The molecular weight excluding hydrogens is 364 g/mol. The molecule has 0 unspecified atom stereocenters. The Bertz CT molecular complexity index is 879. The van der Waals surface area contributed by atoms with Crippen molar-refractivity contribution in [3.63, 3.8) is 0 Å². The van der Waals surface area contributed by atoms with E-state index in [1.165, 1.54) is 0 Å². The zero-order valence-corrected chi connectivity index (χ0v) is 17.7. The normalized spacial score (nSPS) is 18.6. The van der Waals surface area contributed by atoms with Gasteiger partial charge in [0.1, 0.15) is 0 Å². The highest BCUT2D eigenvalue weighted by Gasteiger charge is 2.49. The van der Waals surface area contributed by atoms with Crippen LogP contribution >= 0.6 is 0 Å². The first-order valence-electron chi connectivity index (χ1n) is 10.0. The van der Waals surface area contributed by atoms with Crippen LogP contribution in [-0.2, 0) is 26.2 Å². The van der Waals surface area contributed by atoms with Crippen LogP contribution in [-0.4, -0.2) is 38.1 Å². The zero-order chi connectivity index (χ0) is 21.1. The van der Waals surface area contributed by atoms with Crippen LogP contribution in [0.2, 0.25) is 0 Å². The fourth-order valence-electron chi connectivity index (χ4n) is 4.33. The minimum absolute atomic E-state index is 0.0477. The molecule has 0 radical (unpaired) electrons. The Morgan fingerprint density at radius 2 is 1.76 bits per heavy atom. The van der Waals surface area contributed by atoms with Crippen LogP contribution in [0.15, 0.2) is 54.6 Å². The molecule has 29 heavy (non-hydrogen) atoms. The first-order valence-corrected chi connectivity index (χ1v) is 10.0. The van der Waals surface area contributed by atoms with E-state index in [9.17, 15) is 9.59 Å². The molecule has 0 spiro atoms. The maximum Gasteiger partial charge on any atom is 0.237 e. The van der Waals surface area contributed by atoms with E-state index in [0.29, 0.717) is 19.4 Å². The minimum Gasteiger partial charge on any atom is -0.382 e. The van der Waals surface area contributed by atoms with Crippen molar-refractivity contribution in [2.45, 2.75) is 44.1 Å². The average molecular weight is 395 g/mol. The quantitative estimate of drug-likeness (QED) is 0.746. The van der Waals surface area contributed by atoms with Gasteiger partial charge in [0.15, 0.2) is 0 Å². The maximum atomic E-state index is 13.5. The first kappa shape index (κ1) is 21.1. The molecule has 2 amide bonds. The van der Waals surface area contributed by atoms with Gasteiger partial charge >= 0.3 is 0 Å². The number of methoxy groups -OCH3 is 1. The van der Waals surface area contributed by atoms with Gasteiger partial charge in [-0.05, 0) is 43.9 Å². The monoisotopic (exact) mass is 394 g/mol. The van der Waals surface area contributed by atoms with E-state index in [-0.39, 0.29) is 18.2 Å². The number of likely N-dealkylation sites (N-methyl/N-ethyl adjacent to an activating group) is 1. The van der Waals surface area contributed by atoms with Crippen molar-refractivity contribution in [3.05, 3.63) is 65.7 Å². The van der Waals surface area contributed by atoms with Crippen molar-refractivity contribution >= 4 is 17.5 Å². The summed E-state index contributed by atoms with van der Waals surface area (Å²) in [7, 11) is 3.43. The minimum atomic E-state index is -0.741. The predicted octanol–water partition coefficient (Wildman–Crippen LogP) is 3.46. The van der Waals surface area contributed by atoms with Crippen molar-refractivity contribution in [2.24, 2.45) is 0 Å². The molecule has 1 aliphatic rings. The lowest BCUT2D eigenvalue weighted by atomic mass is 9.73. The summed E-state index contributed by atoms with van der Waals surface area (Å²) in [6, 6.07) is 17.9. The molecule has 0 saturated carbocycles. The summed E-state index contributed by atoms with van der Waals surface area (Å²) >= 11 is 0. The van der Waals surface area contributed by atoms with Crippen LogP contribution in [0.3, 0.4) is 0 Å². The number of carbonyl (C=O) groups excluding carboxylic acids is 2. The Balaban J connectivity index is 1.89. The van der Waals surface area contributed by atoms with Gasteiger partial charge in [-0.1, -0.05) is 48.5 Å². The highest BCUT2D eigenvalue weighted by atomic mass is 16.5. The molecule has 5 nitrogen and oxygen atoms in total. The molecule has 1 N–H and O–H groups in total. The number of nitrogens with zero attached hydrogens (tertiary/aromatic N) is 1. The number of carbonyl (C=O) groups is 2. The molecule has 3 rings (SSSR count). The number of rotatable bonds is 8. The maximum absolute atomic E-state index is 13.5. The van der Waals surface area contributed by atoms with Crippen molar-refractivity contribution in [1.29, 1.82) is 0 Å². The smallest absolute Gasteiger partial charge is 0.237 e. The highest BCUT2D eigenvalue weighted by Crippen LogP contribution is 2.46. The molecular formula is C24H30N2O3. The van der Waals surface area contributed by atoms with Crippen LogP contribution in [0.5, 0.6) is 0 Å². The van der Waals surface area contributed by atoms with E-state index in [4.69, 9.17) is 4.74 Å². The number of benzene rings is 2. The molecule has 0 bridgehead atoms. The number of ether oxygens (including phenoxy) is 1. The van der Waals surface area contributed by atoms with Gasteiger partial charge in [0.05, 0.1) is 17.6 Å². The zero-order valence-electron chi connectivity index (χ0n) is 17.7. The second-order valence-electron chi connectivity index (χ2n) is 8.49. The van der Waals surface area contributed by atoms with Gasteiger partial charge in [0.2, 0.25) is 11.8 Å². The number of fused-ring (bicyclic) bond motifs is 1. The van der Waals surface area contributed by atoms with E-state index >= 15 is 0 Å². The molecule has 0 aromatic heterocycles. The van der Waals surface area contributed by atoms with Crippen LogP contribution in [0.1, 0.15) is 37.8 Å². The van der Waals surface area contributed by atoms with Crippen LogP contribution in [0.4, 0.5) is 5.69 Å². The third kappa shape index (κ3) is 4.35. The largest absolute Gasteiger partial charge is 0.382 e. The summed E-state index contributed by atoms with van der Waals surface area (Å²) in [6.07, 6.45) is 1.30. The lowest BCUT2D eigenvalue weighted by Crippen LogP contribution is -2.48. The van der Waals surface area contributed by atoms with Crippen molar-refractivity contribution in [1.82, 2.24) is 5.32 Å². The average Bonchev–Trinajstić information content (AvgIpc) is 2.89. The van der Waals surface area contributed by atoms with Crippen LogP contribution in [0.25, 0.3) is 0 Å². The molecule has 1 atom stereocenters. The molecule has 5 heteroatoms. The van der Waals surface area contributed by atoms with Gasteiger partial charge in [-0.3, -0.25) is 9.59 Å². The van der Waals surface area contributed by atoms with Crippen molar-refractivity contribution in [2.75, 3.05) is 25.7 Å². The third-order valence-corrected chi connectivity index (χ3v) is 5.61. The molecule has 1 heterocycles. The van der Waals surface area contributed by atoms with Crippen LogP contribution in [0, 0.1) is 0 Å². The van der Waals surface area contributed by atoms with Gasteiger partial charge in [-0.25, -0.2) is 0 Å². The molecule has 2 aromatic rings. The molecule has 1 aliphatic heterocycles. The molecule has 154 valence electrons. The molecule has 0 fully saturated rings. The molecule has 2 aromatic carbocycles. The fourth-order valence-corrected chi connectivity index (χ4v) is 4.33. The fraction of sp³-hybridized carbons (Fsp3) is 0.417. The Labute approximate surface area is 173 Å². The topological polar surface area (TPSA) is 58.6 Å². The van der Waals surface area contributed by atoms with Gasteiger partial charge in [-0.2, -0.15) is 0 Å². The molecule has 0 saturated heterocycles. The number of para-hydroxylation sites is 1. The third-order valence-electron chi connectivity index (χ3n) is 5.61. The standard InChI is InChI=1S/C24H30N2O3/c1-23(2,17-29-4)25-21(27)14-15-24(16-18-10-6-5-7-11-18)19-12-8-9-13-20(19)26(3)22(24)28/h5-13H,14-17H2,1-4H3,(H,25,27)/t24-/m1/s1. The number of hydrogen-bond donors (Lipinski definition) is 1. The second kappa shape index (κ2) is 8.37. The van der Waals surface area contributed by atoms with Crippen LogP contribution < -0.4 is 10.2 Å². The van der Waals surface area contributed by atoms with Crippen molar-refractivity contribution in [3.8, 4) is 0 Å². The Morgan fingerprint density at radius 3 is 2.45 bits per heavy atom. The Hall–Kier alpha value is -2.66. The van der Waals surface area contributed by atoms with E-state index in [1.807, 2.05) is 75.5 Å². The summed E-state index contributed by atoms with van der Waals surface area (Å²) in [5, 5.41) is 3.02. The second-order valence-corrected chi connectivity index (χ2v) is 8.49. The first-order chi connectivity index (χ1) is 13.8. The Kier molecular flexibility index (Phi) is 6.08. The highest BCUT2D eigenvalue weighted by molar-refractivity contribution is 6.08. The summed E-state index contributed by atoms with van der Waals surface area (Å²) in [4.78, 5) is 27.9. The SMILES string of the molecule is COCC(C)(C)NC(=O)CC[C@]1(Cc2ccccc2)C(=O)N(C)c2ccccc21. The summed E-state index contributed by atoms with van der Waals surface area (Å²) in [6.45, 7) is 4.29. The van der Waals surface area contributed by atoms with Gasteiger partial charge in [-0.15, -0.1) is 0 Å². The number of anilines is 1. The molecule has 0 aliphatic carbocycles. The van der Waals surface area contributed by atoms with Gasteiger partial charge < -0.3 is 15.0 Å². The Morgan fingerprint density at radius 1 is 1.10 bits per heavy atom. The number of nitrogens with one attached hydrogen (secondary N) is 1. The predicted molar refractivity (Wildman–Crippen MR) is 115 cm³/mol. The lowest BCUT2D eigenvalue weighted by Gasteiger charge is -2.30. The number of hydrogen-bond acceptors (Lipinski definition) is 3. The summed E-state index contributed by atoms with van der Waals surface area (Å²) in [5.74, 6) is -0.0224. The van der Waals surface area contributed by atoms with Gasteiger partial charge in [0.25, 0.3) is 0 Å². The van der Waals surface area contributed by atoms with E-state index in [0.717, 1.165) is 16.8 Å². The van der Waals surface area contributed by atoms with Gasteiger partial charge in [0, 0.05) is 26.3 Å². The van der Waals surface area contributed by atoms with E-state index in [1.54, 1.807) is 12.0 Å². The summed E-state index contributed by atoms with van der Waals surface area (Å²) in [5.41, 5.74) is 1.82. The van der Waals surface area contributed by atoms with E-state index in [2.05, 4.69) is 5.32 Å². The van der Waals surface area contributed by atoms with Crippen molar-refractivity contribution < 1.29 is 14.3 Å².